The van der Waals surface area contributed by atoms with Crippen LogP contribution in [0.1, 0.15) is 47.9 Å². The van der Waals surface area contributed by atoms with E-state index in [9.17, 15) is 4.79 Å². The number of nitrogens with one attached hydrogen (secondary N) is 1. The molecule has 0 saturated heterocycles. The number of aryl methyl sites for hydroxylation is 1. The Labute approximate surface area is 227 Å². The molecular weight excluding hydrogens is 472 g/mol. The molecule has 0 radical (unpaired) electrons. The van der Waals surface area contributed by atoms with Crippen molar-refractivity contribution in [1.82, 2.24) is 10.2 Å². The van der Waals surface area contributed by atoms with Gasteiger partial charge in [-0.1, -0.05) is 66.2 Å². The van der Waals surface area contributed by atoms with Crippen LogP contribution in [0.15, 0.2) is 78.9 Å². The van der Waals surface area contributed by atoms with Crippen LogP contribution < -0.4 is 14.8 Å². The largest absolute Gasteiger partial charge is 0.493 e. The predicted octanol–water partition coefficient (Wildman–Crippen LogP) is 6.20. The summed E-state index contributed by atoms with van der Waals surface area (Å²) in [4.78, 5) is 15.1. The van der Waals surface area contributed by atoms with Gasteiger partial charge in [0.05, 0.1) is 7.11 Å². The Morgan fingerprint density at radius 2 is 1.68 bits per heavy atom. The normalized spacial score (nSPS) is 19.4. The fourth-order valence-corrected chi connectivity index (χ4v) is 5.23. The molecule has 200 valence electrons. The highest BCUT2D eigenvalue weighted by atomic mass is 16.5. The first-order valence-electron chi connectivity index (χ1n) is 13.4. The summed E-state index contributed by atoms with van der Waals surface area (Å²) in [5.41, 5.74) is 4.78. The topological polar surface area (TPSA) is 50.8 Å². The summed E-state index contributed by atoms with van der Waals surface area (Å²) < 4.78 is 11.5. The molecule has 1 aliphatic carbocycles. The number of hydrogen-bond donors (Lipinski definition) is 1. The minimum absolute atomic E-state index is 0.0609. The van der Waals surface area contributed by atoms with Crippen LogP contribution in [0.2, 0.25) is 0 Å². The number of nitrogens with zero attached hydrogens (tertiary/aromatic N) is 1. The number of amides is 1. The molecule has 5 nitrogen and oxygen atoms in total. The van der Waals surface area contributed by atoms with Crippen LogP contribution in [0, 0.1) is 6.92 Å². The van der Waals surface area contributed by atoms with E-state index in [1.807, 2.05) is 54.6 Å². The standard InChI is InChI=1S/C33H40N2O3/c1-25-10-12-27(13-11-25)23-33(35(2)3)20-18-29(19-21-33)34-32(36)17-15-26-14-16-30(31(22-26)37-4)38-24-28-8-6-5-7-9-28/h5-17,22,29H,18-21,23-24H2,1-4H3,(H,34,36). The molecule has 0 aromatic heterocycles. The first kappa shape index (κ1) is 27.5. The number of carbonyl (C=O) groups excluding carboxylic acids is 1. The van der Waals surface area contributed by atoms with Gasteiger partial charge in [-0.05, 0) is 88.0 Å². The fraction of sp³-hybridized carbons (Fsp3) is 0.364. The van der Waals surface area contributed by atoms with Gasteiger partial charge < -0.3 is 19.7 Å². The van der Waals surface area contributed by atoms with Crippen molar-refractivity contribution in [2.24, 2.45) is 0 Å². The van der Waals surface area contributed by atoms with Gasteiger partial charge in [-0.3, -0.25) is 4.79 Å². The van der Waals surface area contributed by atoms with Crippen LogP contribution in [0.5, 0.6) is 11.5 Å². The lowest BCUT2D eigenvalue weighted by Gasteiger charge is -2.45. The van der Waals surface area contributed by atoms with Gasteiger partial charge >= 0.3 is 0 Å². The van der Waals surface area contributed by atoms with Crippen molar-refractivity contribution in [2.75, 3.05) is 21.2 Å². The lowest BCUT2D eigenvalue weighted by Crippen LogP contribution is -2.52. The van der Waals surface area contributed by atoms with E-state index >= 15 is 0 Å². The molecule has 3 aromatic rings. The fourth-order valence-electron chi connectivity index (χ4n) is 5.23. The molecule has 0 heterocycles. The quantitative estimate of drug-likeness (QED) is 0.329. The van der Waals surface area contributed by atoms with Gasteiger partial charge in [-0.2, -0.15) is 0 Å². The smallest absolute Gasteiger partial charge is 0.244 e. The number of ether oxygens (including phenoxy) is 2. The van der Waals surface area contributed by atoms with Crippen molar-refractivity contribution in [3.05, 3.63) is 101 Å². The lowest BCUT2D eigenvalue weighted by molar-refractivity contribution is -0.117. The van der Waals surface area contributed by atoms with E-state index in [0.717, 1.165) is 43.2 Å². The maximum absolute atomic E-state index is 12.7. The SMILES string of the molecule is COc1cc(C=CC(=O)NC2CCC(Cc3ccc(C)cc3)(N(C)C)CC2)ccc1OCc1ccccc1. The zero-order valence-electron chi connectivity index (χ0n) is 23.1. The molecule has 1 N–H and O–H groups in total. The van der Waals surface area contributed by atoms with E-state index in [1.54, 1.807) is 13.2 Å². The van der Waals surface area contributed by atoms with Crippen LogP contribution >= 0.6 is 0 Å². The molecule has 0 atom stereocenters. The molecule has 5 heteroatoms. The molecule has 0 bridgehead atoms. The van der Waals surface area contributed by atoms with Gasteiger partial charge in [0.25, 0.3) is 0 Å². The summed E-state index contributed by atoms with van der Waals surface area (Å²) in [7, 11) is 5.99. The first-order valence-corrected chi connectivity index (χ1v) is 13.4. The minimum atomic E-state index is -0.0609. The Kier molecular flexibility index (Phi) is 9.24. The molecule has 1 amide bonds. The zero-order valence-corrected chi connectivity index (χ0v) is 23.1. The average Bonchev–Trinajstić information content (AvgIpc) is 2.93. The van der Waals surface area contributed by atoms with Crippen molar-refractivity contribution in [2.45, 2.75) is 57.2 Å². The van der Waals surface area contributed by atoms with E-state index in [-0.39, 0.29) is 17.5 Å². The Hall–Kier alpha value is -3.57. The summed E-state index contributed by atoms with van der Waals surface area (Å²) in [6.07, 6.45) is 8.54. The number of carbonyl (C=O) groups is 1. The summed E-state index contributed by atoms with van der Waals surface area (Å²) in [6, 6.07) is 24.8. The van der Waals surface area contributed by atoms with Gasteiger partial charge in [0.1, 0.15) is 6.61 Å². The van der Waals surface area contributed by atoms with Crippen LogP contribution in [0.3, 0.4) is 0 Å². The molecule has 1 fully saturated rings. The predicted molar refractivity (Wildman–Crippen MR) is 155 cm³/mol. The van der Waals surface area contributed by atoms with E-state index < -0.39 is 0 Å². The molecule has 0 spiro atoms. The Balaban J connectivity index is 1.30. The second kappa shape index (κ2) is 12.8. The molecule has 38 heavy (non-hydrogen) atoms. The Bertz CT molecular complexity index is 1210. The summed E-state index contributed by atoms with van der Waals surface area (Å²) in [5.74, 6) is 1.26. The van der Waals surface area contributed by atoms with E-state index in [1.165, 1.54) is 11.1 Å². The van der Waals surface area contributed by atoms with Crippen molar-refractivity contribution in [1.29, 1.82) is 0 Å². The molecule has 0 unspecified atom stereocenters. The maximum Gasteiger partial charge on any atom is 0.244 e. The lowest BCUT2D eigenvalue weighted by atomic mass is 9.74. The van der Waals surface area contributed by atoms with Crippen molar-refractivity contribution < 1.29 is 14.3 Å². The first-order chi connectivity index (χ1) is 18.4. The van der Waals surface area contributed by atoms with E-state index in [2.05, 4.69) is 55.5 Å². The zero-order chi connectivity index (χ0) is 27.0. The number of hydrogen-bond acceptors (Lipinski definition) is 4. The number of rotatable bonds is 10. The highest BCUT2D eigenvalue weighted by molar-refractivity contribution is 5.92. The molecule has 4 rings (SSSR count). The van der Waals surface area contributed by atoms with Crippen molar-refractivity contribution in [3.63, 3.8) is 0 Å². The van der Waals surface area contributed by atoms with Crippen LogP contribution in [0.25, 0.3) is 6.08 Å². The number of benzene rings is 3. The molecule has 3 aromatic carbocycles. The Morgan fingerprint density at radius 3 is 2.34 bits per heavy atom. The molecule has 0 aliphatic heterocycles. The highest BCUT2D eigenvalue weighted by Crippen LogP contribution is 2.35. The number of methoxy groups -OCH3 is 1. The third kappa shape index (κ3) is 7.26. The van der Waals surface area contributed by atoms with Gasteiger partial charge in [0.2, 0.25) is 5.91 Å². The minimum Gasteiger partial charge on any atom is -0.493 e. The van der Waals surface area contributed by atoms with E-state index in [4.69, 9.17) is 9.47 Å². The average molecular weight is 513 g/mol. The summed E-state index contributed by atoms with van der Waals surface area (Å²) in [5, 5.41) is 3.22. The summed E-state index contributed by atoms with van der Waals surface area (Å²) in [6.45, 7) is 2.59. The van der Waals surface area contributed by atoms with Gasteiger partial charge in [-0.25, -0.2) is 0 Å². The highest BCUT2D eigenvalue weighted by Gasteiger charge is 2.37. The van der Waals surface area contributed by atoms with Crippen molar-refractivity contribution >= 4 is 12.0 Å². The number of likely N-dealkylation sites (N-methyl/N-ethyl adjacent to an activating group) is 1. The van der Waals surface area contributed by atoms with Crippen LogP contribution in [-0.2, 0) is 17.8 Å². The van der Waals surface area contributed by atoms with Gasteiger partial charge in [0.15, 0.2) is 11.5 Å². The van der Waals surface area contributed by atoms with E-state index in [0.29, 0.717) is 18.1 Å². The summed E-state index contributed by atoms with van der Waals surface area (Å²) >= 11 is 0. The maximum atomic E-state index is 12.7. The Morgan fingerprint density at radius 1 is 0.974 bits per heavy atom. The van der Waals surface area contributed by atoms with Crippen LogP contribution in [-0.4, -0.2) is 43.6 Å². The molecule has 1 saturated carbocycles. The monoisotopic (exact) mass is 512 g/mol. The van der Waals surface area contributed by atoms with Gasteiger partial charge in [0, 0.05) is 17.7 Å². The second-order valence-electron chi connectivity index (χ2n) is 10.6. The molecule has 1 aliphatic rings. The van der Waals surface area contributed by atoms with Crippen LogP contribution in [0.4, 0.5) is 0 Å². The molecular formula is C33H40N2O3. The second-order valence-corrected chi connectivity index (χ2v) is 10.6. The third-order valence-corrected chi connectivity index (χ3v) is 7.72. The van der Waals surface area contributed by atoms with Crippen molar-refractivity contribution in [3.8, 4) is 11.5 Å². The van der Waals surface area contributed by atoms with Gasteiger partial charge in [-0.15, -0.1) is 0 Å². The third-order valence-electron chi connectivity index (χ3n) is 7.72.